The number of fused-ring (bicyclic) bond motifs is 1. The van der Waals surface area contributed by atoms with Gasteiger partial charge in [-0.15, -0.1) is 0 Å². The second-order valence-electron chi connectivity index (χ2n) is 11.5. The quantitative estimate of drug-likeness (QED) is 0.496. The first kappa shape index (κ1) is 24.9. The van der Waals surface area contributed by atoms with Gasteiger partial charge in [-0.1, -0.05) is 51.9 Å². The molecule has 3 heterocycles. The van der Waals surface area contributed by atoms with Crippen LogP contribution in [0.15, 0.2) is 24.5 Å². The maximum absolute atomic E-state index is 12.5. The van der Waals surface area contributed by atoms with Crippen LogP contribution in [-0.2, 0) is 4.74 Å². The lowest BCUT2D eigenvalue weighted by Gasteiger charge is -2.36. The highest BCUT2D eigenvalue weighted by Crippen LogP contribution is 2.34. The molecule has 0 aromatic carbocycles. The van der Waals surface area contributed by atoms with Gasteiger partial charge in [-0.2, -0.15) is 5.10 Å². The summed E-state index contributed by atoms with van der Waals surface area (Å²) in [6.45, 7) is 11.1. The minimum Gasteiger partial charge on any atom is -0.444 e. The third-order valence-electron chi connectivity index (χ3n) is 7.50. The number of hydrogen-bond donors (Lipinski definition) is 0. The molecule has 0 radical (unpaired) electrons. The van der Waals surface area contributed by atoms with Crippen LogP contribution < -0.4 is 4.90 Å². The molecule has 1 amide bonds. The standard InChI is InChI=1S/C28H44N4O2/c1-22-10-7-5-6-8-12-23(13-9-11-22)24-20-26-25(14-15-29-32(26)21-24)30-16-18-31(19-17-30)27(33)34-28(2,3)4/h14-15,20-23H,5-13,16-19H2,1-4H3. The molecule has 2 fully saturated rings. The zero-order chi connectivity index (χ0) is 24.1. The van der Waals surface area contributed by atoms with Crippen LogP contribution in [0.5, 0.6) is 0 Å². The van der Waals surface area contributed by atoms with E-state index in [1.165, 1.54) is 74.6 Å². The Morgan fingerprint density at radius 3 is 2.38 bits per heavy atom. The van der Waals surface area contributed by atoms with Crippen molar-refractivity contribution in [3.05, 3.63) is 30.1 Å². The van der Waals surface area contributed by atoms with Gasteiger partial charge in [-0.25, -0.2) is 9.31 Å². The second kappa shape index (κ2) is 11.0. The van der Waals surface area contributed by atoms with E-state index in [1.807, 2.05) is 31.9 Å². The van der Waals surface area contributed by atoms with Crippen molar-refractivity contribution in [2.75, 3.05) is 31.1 Å². The predicted octanol–water partition coefficient (Wildman–Crippen LogP) is 6.64. The van der Waals surface area contributed by atoms with E-state index in [1.54, 1.807) is 0 Å². The van der Waals surface area contributed by atoms with Crippen molar-refractivity contribution in [1.82, 2.24) is 14.5 Å². The first-order valence-corrected chi connectivity index (χ1v) is 13.5. The van der Waals surface area contributed by atoms with E-state index in [2.05, 4.69) is 39.8 Å². The maximum atomic E-state index is 12.5. The molecule has 34 heavy (non-hydrogen) atoms. The van der Waals surface area contributed by atoms with Crippen molar-refractivity contribution < 1.29 is 9.53 Å². The van der Waals surface area contributed by atoms with Gasteiger partial charge in [-0.05, 0) is 63.1 Å². The van der Waals surface area contributed by atoms with E-state index in [9.17, 15) is 4.79 Å². The van der Waals surface area contributed by atoms with Gasteiger partial charge >= 0.3 is 6.09 Å². The maximum Gasteiger partial charge on any atom is 0.410 e. The largest absolute Gasteiger partial charge is 0.444 e. The number of ether oxygens (including phenoxy) is 1. The van der Waals surface area contributed by atoms with Gasteiger partial charge in [0.1, 0.15) is 5.60 Å². The molecule has 0 N–H and O–H groups in total. The summed E-state index contributed by atoms with van der Waals surface area (Å²) in [6.07, 6.45) is 16.1. The molecule has 2 unspecified atom stereocenters. The Balaban J connectivity index is 1.46. The van der Waals surface area contributed by atoms with E-state index in [0.29, 0.717) is 19.0 Å². The lowest BCUT2D eigenvalue weighted by atomic mass is 9.89. The number of aromatic nitrogens is 2. The monoisotopic (exact) mass is 468 g/mol. The van der Waals surface area contributed by atoms with Crippen LogP contribution in [0.2, 0.25) is 0 Å². The average molecular weight is 469 g/mol. The molecule has 188 valence electrons. The molecule has 6 nitrogen and oxygen atoms in total. The Kier molecular flexibility index (Phi) is 8.05. The van der Waals surface area contributed by atoms with Crippen molar-refractivity contribution in [3.63, 3.8) is 0 Å². The Bertz CT molecular complexity index is 940. The van der Waals surface area contributed by atoms with Gasteiger partial charge in [0.05, 0.1) is 11.2 Å². The first-order chi connectivity index (χ1) is 16.3. The molecular formula is C28H44N4O2. The average Bonchev–Trinajstić information content (AvgIpc) is 3.21. The lowest BCUT2D eigenvalue weighted by Crippen LogP contribution is -2.50. The van der Waals surface area contributed by atoms with Gasteiger partial charge in [-0.3, -0.25) is 0 Å². The molecule has 2 atom stereocenters. The summed E-state index contributed by atoms with van der Waals surface area (Å²) < 4.78 is 7.63. The molecule has 2 aliphatic rings. The normalized spacial score (nSPS) is 23.5. The van der Waals surface area contributed by atoms with Gasteiger partial charge < -0.3 is 14.5 Å². The van der Waals surface area contributed by atoms with E-state index in [0.717, 1.165) is 19.0 Å². The van der Waals surface area contributed by atoms with Crippen molar-refractivity contribution >= 4 is 17.3 Å². The van der Waals surface area contributed by atoms with Crippen molar-refractivity contribution in [2.24, 2.45) is 5.92 Å². The molecule has 1 aliphatic heterocycles. The third-order valence-corrected chi connectivity index (χ3v) is 7.50. The Morgan fingerprint density at radius 2 is 1.65 bits per heavy atom. The van der Waals surface area contributed by atoms with E-state index in [4.69, 9.17) is 4.74 Å². The highest BCUT2D eigenvalue weighted by molar-refractivity contribution is 5.74. The van der Waals surface area contributed by atoms with Gasteiger partial charge in [0.2, 0.25) is 0 Å². The summed E-state index contributed by atoms with van der Waals surface area (Å²) in [7, 11) is 0. The lowest BCUT2D eigenvalue weighted by molar-refractivity contribution is 0.0240. The SMILES string of the molecule is CC1CCCCCCC(c2cc3c(N4CCN(C(=O)OC(C)(C)C)CC4)ccnn3c2)CCC1. The molecule has 4 rings (SSSR count). The van der Waals surface area contributed by atoms with Crippen molar-refractivity contribution in [2.45, 2.75) is 97.0 Å². The zero-order valence-corrected chi connectivity index (χ0v) is 21.8. The third kappa shape index (κ3) is 6.45. The molecule has 1 saturated heterocycles. The van der Waals surface area contributed by atoms with Gasteiger partial charge in [0.25, 0.3) is 0 Å². The smallest absolute Gasteiger partial charge is 0.410 e. The number of carbonyl (C=O) groups is 1. The Morgan fingerprint density at radius 1 is 0.971 bits per heavy atom. The van der Waals surface area contributed by atoms with Crippen LogP contribution in [0.4, 0.5) is 10.5 Å². The van der Waals surface area contributed by atoms with E-state index in [-0.39, 0.29) is 6.09 Å². The van der Waals surface area contributed by atoms with E-state index < -0.39 is 5.60 Å². The zero-order valence-electron chi connectivity index (χ0n) is 21.8. The number of hydrogen-bond acceptors (Lipinski definition) is 4. The number of nitrogens with zero attached hydrogens (tertiary/aromatic N) is 4. The minimum atomic E-state index is -0.458. The van der Waals surface area contributed by atoms with Crippen LogP contribution in [0.1, 0.15) is 97.0 Å². The topological polar surface area (TPSA) is 50.1 Å². The fourth-order valence-electron chi connectivity index (χ4n) is 5.54. The fourth-order valence-corrected chi connectivity index (χ4v) is 5.54. The van der Waals surface area contributed by atoms with Gasteiger partial charge in [0.15, 0.2) is 0 Å². The van der Waals surface area contributed by atoms with Crippen LogP contribution in [-0.4, -0.2) is 52.4 Å². The first-order valence-electron chi connectivity index (χ1n) is 13.5. The molecule has 2 aromatic heterocycles. The van der Waals surface area contributed by atoms with Crippen LogP contribution in [0.25, 0.3) is 5.52 Å². The molecule has 6 heteroatoms. The van der Waals surface area contributed by atoms with Crippen molar-refractivity contribution in [1.29, 1.82) is 0 Å². The summed E-state index contributed by atoms with van der Waals surface area (Å²) in [6, 6.07) is 4.51. The fraction of sp³-hybridized carbons (Fsp3) is 0.714. The number of anilines is 1. The molecule has 0 bridgehead atoms. The highest BCUT2D eigenvalue weighted by Gasteiger charge is 2.27. The van der Waals surface area contributed by atoms with Gasteiger partial charge in [0, 0.05) is 38.6 Å². The number of amides is 1. The summed E-state index contributed by atoms with van der Waals surface area (Å²) in [5.41, 5.74) is 3.39. The van der Waals surface area contributed by atoms with Crippen LogP contribution in [0.3, 0.4) is 0 Å². The minimum absolute atomic E-state index is 0.210. The van der Waals surface area contributed by atoms with Crippen LogP contribution >= 0.6 is 0 Å². The molecule has 0 spiro atoms. The summed E-state index contributed by atoms with van der Waals surface area (Å²) in [5.74, 6) is 1.49. The number of carbonyl (C=O) groups excluding carboxylic acids is 1. The van der Waals surface area contributed by atoms with E-state index >= 15 is 0 Å². The molecule has 2 aromatic rings. The summed E-state index contributed by atoms with van der Waals surface area (Å²) >= 11 is 0. The second-order valence-corrected chi connectivity index (χ2v) is 11.5. The predicted molar refractivity (Wildman–Crippen MR) is 139 cm³/mol. The van der Waals surface area contributed by atoms with Crippen molar-refractivity contribution in [3.8, 4) is 0 Å². The molecule has 1 aliphatic carbocycles. The van der Waals surface area contributed by atoms with Crippen LogP contribution in [0, 0.1) is 5.92 Å². The number of rotatable bonds is 2. The summed E-state index contributed by atoms with van der Waals surface area (Å²) in [4.78, 5) is 16.7. The Hall–Kier alpha value is -2.24. The number of piperazine rings is 1. The summed E-state index contributed by atoms with van der Waals surface area (Å²) in [5, 5.41) is 4.64. The Labute approximate surface area is 205 Å². The molecular weight excluding hydrogens is 424 g/mol. The highest BCUT2D eigenvalue weighted by atomic mass is 16.6. The molecule has 1 saturated carbocycles.